The quantitative estimate of drug-likeness (QED) is 0.746. The normalized spacial score (nSPS) is 11.0. The minimum Gasteiger partial charge on any atom is -0.352 e. The fraction of sp³-hybridized carbons (Fsp3) is 0.385. The minimum absolute atomic E-state index is 0.234. The van der Waals surface area contributed by atoms with Gasteiger partial charge in [0.25, 0.3) is 5.91 Å². The van der Waals surface area contributed by atoms with Crippen molar-refractivity contribution in [3.8, 4) is 0 Å². The molecule has 1 aromatic carbocycles. The molecule has 21 heavy (non-hydrogen) atoms. The van der Waals surface area contributed by atoms with E-state index in [2.05, 4.69) is 10.6 Å². The van der Waals surface area contributed by atoms with Crippen LogP contribution in [0.5, 0.6) is 0 Å². The Kier molecular flexibility index (Phi) is 6.16. The third-order valence-electron chi connectivity index (χ3n) is 2.38. The second kappa shape index (κ2) is 7.63. The zero-order valence-electron chi connectivity index (χ0n) is 11.4. The highest BCUT2D eigenvalue weighted by Gasteiger charge is 2.26. The Morgan fingerprint density at radius 2 is 1.76 bits per heavy atom. The van der Waals surface area contributed by atoms with Crippen molar-refractivity contribution in [3.63, 3.8) is 0 Å². The lowest BCUT2D eigenvalue weighted by atomic mass is 10.2. The summed E-state index contributed by atoms with van der Waals surface area (Å²) in [5.74, 6) is -0.827. The second-order valence-electron chi connectivity index (χ2n) is 4.20. The van der Waals surface area contributed by atoms with Crippen molar-refractivity contribution in [1.82, 2.24) is 10.6 Å². The summed E-state index contributed by atoms with van der Waals surface area (Å²) in [7, 11) is 0. The average Bonchev–Trinajstić information content (AvgIpc) is 2.38. The Morgan fingerprint density at radius 3 is 2.29 bits per heavy atom. The molecule has 0 atom stereocenters. The third-order valence-corrected chi connectivity index (χ3v) is 2.38. The molecule has 5 nitrogen and oxygen atoms in total. The van der Waals surface area contributed by atoms with Crippen LogP contribution in [0.2, 0.25) is 0 Å². The molecule has 8 heteroatoms. The summed E-state index contributed by atoms with van der Waals surface area (Å²) in [4.78, 5) is 22.9. The van der Waals surface area contributed by atoms with Crippen molar-refractivity contribution in [1.29, 1.82) is 0 Å². The Bertz CT molecular complexity index is 486. The Morgan fingerprint density at radius 1 is 1.14 bits per heavy atom. The van der Waals surface area contributed by atoms with Gasteiger partial charge in [0.15, 0.2) is 0 Å². The SMILES string of the molecule is CCNC(=O)c1ccc(NC(=O)CNCC(F)(F)F)cc1. The van der Waals surface area contributed by atoms with Crippen LogP contribution in [0.25, 0.3) is 0 Å². The number of halogens is 3. The number of carbonyl (C=O) groups excluding carboxylic acids is 2. The van der Waals surface area contributed by atoms with Crippen molar-refractivity contribution >= 4 is 17.5 Å². The summed E-state index contributed by atoms with van der Waals surface area (Å²) in [5.41, 5.74) is 0.840. The first-order chi connectivity index (χ1) is 9.81. The first-order valence-electron chi connectivity index (χ1n) is 6.27. The Balaban J connectivity index is 2.44. The van der Waals surface area contributed by atoms with E-state index in [9.17, 15) is 22.8 Å². The molecule has 0 spiro atoms. The van der Waals surface area contributed by atoms with Crippen LogP contribution in [0.3, 0.4) is 0 Å². The number of carbonyl (C=O) groups is 2. The van der Waals surface area contributed by atoms with Crippen LogP contribution >= 0.6 is 0 Å². The molecule has 0 fully saturated rings. The molecule has 1 rings (SSSR count). The number of alkyl halides is 3. The summed E-state index contributed by atoms with van der Waals surface area (Å²) in [5, 5.41) is 7.04. The summed E-state index contributed by atoms with van der Waals surface area (Å²) in [6, 6.07) is 6.05. The summed E-state index contributed by atoms with van der Waals surface area (Å²) >= 11 is 0. The molecular weight excluding hydrogens is 287 g/mol. The van der Waals surface area contributed by atoms with E-state index in [4.69, 9.17) is 0 Å². The van der Waals surface area contributed by atoms with Crippen LogP contribution in [0.1, 0.15) is 17.3 Å². The van der Waals surface area contributed by atoms with E-state index in [1.54, 1.807) is 6.92 Å². The lowest BCUT2D eigenvalue weighted by Crippen LogP contribution is -2.35. The van der Waals surface area contributed by atoms with E-state index in [0.717, 1.165) is 0 Å². The van der Waals surface area contributed by atoms with Gasteiger partial charge in [-0.25, -0.2) is 0 Å². The van der Waals surface area contributed by atoms with E-state index < -0.39 is 25.2 Å². The molecule has 0 saturated carbocycles. The fourth-order valence-electron chi connectivity index (χ4n) is 1.49. The Hall–Kier alpha value is -2.09. The van der Waals surface area contributed by atoms with E-state index in [0.29, 0.717) is 17.8 Å². The highest BCUT2D eigenvalue weighted by atomic mass is 19.4. The maximum absolute atomic E-state index is 11.9. The van der Waals surface area contributed by atoms with Gasteiger partial charge in [-0.05, 0) is 31.2 Å². The van der Waals surface area contributed by atoms with Crippen molar-refractivity contribution in [3.05, 3.63) is 29.8 Å². The van der Waals surface area contributed by atoms with Crippen LogP contribution in [0.15, 0.2) is 24.3 Å². The lowest BCUT2D eigenvalue weighted by molar-refractivity contribution is -0.126. The zero-order valence-corrected chi connectivity index (χ0v) is 11.4. The number of hydrogen-bond acceptors (Lipinski definition) is 3. The van der Waals surface area contributed by atoms with Crippen LogP contribution in [0, 0.1) is 0 Å². The van der Waals surface area contributed by atoms with Gasteiger partial charge in [-0.15, -0.1) is 0 Å². The molecule has 0 unspecified atom stereocenters. The van der Waals surface area contributed by atoms with Crippen molar-refractivity contribution in [2.24, 2.45) is 0 Å². The van der Waals surface area contributed by atoms with Crippen molar-refractivity contribution in [2.75, 3.05) is 25.0 Å². The highest BCUT2D eigenvalue weighted by molar-refractivity contribution is 5.96. The average molecular weight is 303 g/mol. The molecule has 1 aromatic rings. The molecule has 116 valence electrons. The number of rotatable bonds is 6. The number of hydrogen-bond donors (Lipinski definition) is 3. The van der Waals surface area contributed by atoms with Gasteiger partial charge < -0.3 is 16.0 Å². The zero-order chi connectivity index (χ0) is 15.9. The predicted octanol–water partition coefficient (Wildman–Crippen LogP) is 1.53. The third kappa shape index (κ3) is 6.75. The number of benzene rings is 1. The lowest BCUT2D eigenvalue weighted by Gasteiger charge is -2.09. The van der Waals surface area contributed by atoms with Crippen molar-refractivity contribution < 1.29 is 22.8 Å². The summed E-state index contributed by atoms with van der Waals surface area (Å²) in [6.45, 7) is 0.622. The molecule has 0 heterocycles. The number of amides is 2. The minimum atomic E-state index is -4.35. The van der Waals surface area contributed by atoms with E-state index in [1.165, 1.54) is 24.3 Å². The summed E-state index contributed by atoms with van der Waals surface area (Å²) < 4.78 is 35.7. The number of nitrogens with one attached hydrogen (secondary N) is 3. The van der Waals surface area contributed by atoms with Crippen LogP contribution in [0.4, 0.5) is 18.9 Å². The standard InChI is InChI=1S/C13H16F3N3O2/c1-2-18-12(21)9-3-5-10(6-4-9)19-11(20)7-17-8-13(14,15)16/h3-6,17H,2,7-8H2,1H3,(H,18,21)(H,19,20). The highest BCUT2D eigenvalue weighted by Crippen LogP contribution is 2.12. The second-order valence-corrected chi connectivity index (χ2v) is 4.20. The maximum atomic E-state index is 11.9. The van der Waals surface area contributed by atoms with E-state index in [-0.39, 0.29) is 5.91 Å². The van der Waals surface area contributed by atoms with Crippen molar-refractivity contribution in [2.45, 2.75) is 13.1 Å². The first kappa shape index (κ1) is 17.0. The number of anilines is 1. The fourth-order valence-corrected chi connectivity index (χ4v) is 1.49. The molecular formula is C13H16F3N3O2. The molecule has 2 amide bonds. The molecule has 3 N–H and O–H groups in total. The first-order valence-corrected chi connectivity index (χ1v) is 6.27. The van der Waals surface area contributed by atoms with Gasteiger partial charge in [-0.1, -0.05) is 0 Å². The van der Waals surface area contributed by atoms with Gasteiger partial charge in [0.1, 0.15) is 0 Å². The largest absolute Gasteiger partial charge is 0.401 e. The van der Waals surface area contributed by atoms with Gasteiger partial charge in [0.05, 0.1) is 13.1 Å². The van der Waals surface area contributed by atoms with Crippen LogP contribution in [-0.4, -0.2) is 37.6 Å². The monoisotopic (exact) mass is 303 g/mol. The molecule has 0 radical (unpaired) electrons. The van der Waals surface area contributed by atoms with Gasteiger partial charge in [0.2, 0.25) is 5.91 Å². The topological polar surface area (TPSA) is 70.2 Å². The van der Waals surface area contributed by atoms with Crippen LogP contribution < -0.4 is 16.0 Å². The van der Waals surface area contributed by atoms with E-state index in [1.807, 2.05) is 5.32 Å². The molecule has 0 aliphatic rings. The predicted molar refractivity (Wildman–Crippen MR) is 72.0 cm³/mol. The molecule has 0 aliphatic heterocycles. The molecule has 0 bridgehead atoms. The van der Waals surface area contributed by atoms with Gasteiger partial charge in [-0.3, -0.25) is 9.59 Å². The van der Waals surface area contributed by atoms with Crippen LogP contribution in [-0.2, 0) is 4.79 Å². The smallest absolute Gasteiger partial charge is 0.352 e. The van der Waals surface area contributed by atoms with E-state index >= 15 is 0 Å². The Labute approximate surface area is 119 Å². The molecule has 0 aromatic heterocycles. The summed E-state index contributed by atoms with van der Waals surface area (Å²) in [6.07, 6.45) is -4.35. The van der Waals surface area contributed by atoms with Gasteiger partial charge in [0, 0.05) is 17.8 Å². The molecule has 0 aliphatic carbocycles. The molecule has 0 saturated heterocycles. The van der Waals surface area contributed by atoms with Gasteiger partial charge in [-0.2, -0.15) is 13.2 Å². The van der Waals surface area contributed by atoms with Gasteiger partial charge >= 0.3 is 6.18 Å². The maximum Gasteiger partial charge on any atom is 0.401 e.